The zero-order valence-electron chi connectivity index (χ0n) is 10.6. The summed E-state index contributed by atoms with van der Waals surface area (Å²) in [5, 5.41) is 6.16. The van der Waals surface area contributed by atoms with Crippen LogP contribution in [0.15, 0.2) is 11.4 Å². The topological polar surface area (TPSA) is 15.3 Å². The molecule has 2 nitrogen and oxygen atoms in total. The highest BCUT2D eigenvalue weighted by Crippen LogP contribution is 2.34. The summed E-state index contributed by atoms with van der Waals surface area (Å²) in [5.41, 5.74) is 1.60. The van der Waals surface area contributed by atoms with Crippen molar-refractivity contribution in [3.05, 3.63) is 21.9 Å². The molecule has 1 aliphatic carbocycles. The maximum absolute atomic E-state index is 3.90. The van der Waals surface area contributed by atoms with E-state index in [0.717, 1.165) is 6.04 Å². The number of fused-ring (bicyclic) bond motifs is 1. The molecule has 1 aliphatic heterocycles. The second-order valence-electron chi connectivity index (χ2n) is 5.49. The number of nitrogens with zero attached hydrogens (tertiary/aromatic N) is 1. The lowest BCUT2D eigenvalue weighted by Crippen LogP contribution is -2.42. The number of likely N-dealkylation sites (tertiary alicyclic amines) is 1. The minimum absolute atomic E-state index is 0.637. The van der Waals surface area contributed by atoms with E-state index in [0.29, 0.717) is 6.04 Å². The summed E-state index contributed by atoms with van der Waals surface area (Å²) in [6.45, 7) is 2.50. The Kier molecular flexibility index (Phi) is 3.50. The third-order valence-electron chi connectivity index (χ3n) is 4.21. The maximum Gasteiger partial charge on any atom is 0.0333 e. The smallest absolute Gasteiger partial charge is 0.0333 e. The lowest BCUT2D eigenvalue weighted by molar-refractivity contribution is 0.220. The summed E-state index contributed by atoms with van der Waals surface area (Å²) in [6, 6.07) is 3.71. The van der Waals surface area contributed by atoms with Crippen LogP contribution in [-0.2, 0) is 6.42 Å². The van der Waals surface area contributed by atoms with E-state index in [1.165, 1.54) is 45.2 Å². The van der Waals surface area contributed by atoms with E-state index in [1.807, 2.05) is 11.3 Å². The molecule has 0 bridgehead atoms. The van der Waals surface area contributed by atoms with E-state index < -0.39 is 0 Å². The molecule has 0 radical (unpaired) electrons. The molecule has 17 heavy (non-hydrogen) atoms. The van der Waals surface area contributed by atoms with Gasteiger partial charge in [-0.25, -0.2) is 0 Å². The molecular weight excluding hydrogens is 228 g/mol. The lowest BCUT2D eigenvalue weighted by atomic mass is 9.92. The predicted molar refractivity (Wildman–Crippen MR) is 73.7 cm³/mol. The van der Waals surface area contributed by atoms with Crippen molar-refractivity contribution < 1.29 is 0 Å². The zero-order valence-corrected chi connectivity index (χ0v) is 11.4. The summed E-state index contributed by atoms with van der Waals surface area (Å²) in [7, 11) is 2.23. The molecule has 1 saturated heterocycles. The van der Waals surface area contributed by atoms with Crippen LogP contribution in [0.25, 0.3) is 0 Å². The van der Waals surface area contributed by atoms with Crippen molar-refractivity contribution in [2.75, 3.05) is 20.1 Å². The van der Waals surface area contributed by atoms with Crippen LogP contribution in [0.1, 0.15) is 42.2 Å². The van der Waals surface area contributed by atoms with Crippen LogP contribution < -0.4 is 5.32 Å². The maximum atomic E-state index is 3.90. The number of hydrogen-bond acceptors (Lipinski definition) is 3. The normalized spacial score (nSPS) is 27.0. The van der Waals surface area contributed by atoms with E-state index in [1.54, 1.807) is 10.4 Å². The zero-order chi connectivity index (χ0) is 11.7. The van der Waals surface area contributed by atoms with Crippen molar-refractivity contribution in [2.24, 2.45) is 0 Å². The molecule has 0 amide bonds. The van der Waals surface area contributed by atoms with E-state index in [9.17, 15) is 0 Å². The fourth-order valence-electron chi connectivity index (χ4n) is 3.12. The average molecular weight is 250 g/mol. The van der Waals surface area contributed by atoms with Crippen molar-refractivity contribution in [1.29, 1.82) is 0 Å². The first-order valence-electron chi connectivity index (χ1n) is 6.84. The summed E-state index contributed by atoms with van der Waals surface area (Å²) in [5.74, 6) is 0. The van der Waals surface area contributed by atoms with Gasteiger partial charge in [-0.1, -0.05) is 0 Å². The molecule has 3 heteroatoms. The SMILES string of the molecule is CN1CCC(NC2CCCc3sccc32)CC1. The number of aryl methyl sites for hydroxylation is 1. The quantitative estimate of drug-likeness (QED) is 0.868. The van der Waals surface area contributed by atoms with Gasteiger partial charge in [0.1, 0.15) is 0 Å². The van der Waals surface area contributed by atoms with Crippen LogP contribution in [0.4, 0.5) is 0 Å². The number of thiophene rings is 1. The Balaban J connectivity index is 1.63. The Morgan fingerprint density at radius 2 is 2.12 bits per heavy atom. The molecule has 94 valence electrons. The molecule has 3 rings (SSSR count). The first kappa shape index (κ1) is 11.7. The predicted octanol–water partition coefficient (Wildman–Crippen LogP) is 2.81. The Labute approximate surface area is 108 Å². The van der Waals surface area contributed by atoms with Crippen molar-refractivity contribution in [1.82, 2.24) is 10.2 Å². The first-order valence-corrected chi connectivity index (χ1v) is 7.72. The summed E-state index contributed by atoms with van der Waals surface area (Å²) < 4.78 is 0. The van der Waals surface area contributed by atoms with Crippen molar-refractivity contribution in [2.45, 2.75) is 44.2 Å². The van der Waals surface area contributed by atoms with Crippen molar-refractivity contribution in [3.8, 4) is 0 Å². The van der Waals surface area contributed by atoms with Gasteiger partial charge in [0.25, 0.3) is 0 Å². The van der Waals surface area contributed by atoms with Gasteiger partial charge in [0.15, 0.2) is 0 Å². The van der Waals surface area contributed by atoms with E-state index in [2.05, 4.69) is 28.7 Å². The molecule has 0 spiro atoms. The summed E-state index contributed by atoms with van der Waals surface area (Å²) in [6.07, 6.45) is 6.62. The second kappa shape index (κ2) is 5.09. The first-order chi connectivity index (χ1) is 8.33. The van der Waals surface area contributed by atoms with Gasteiger partial charge in [-0.15, -0.1) is 11.3 Å². The number of nitrogens with one attached hydrogen (secondary N) is 1. The van der Waals surface area contributed by atoms with E-state index >= 15 is 0 Å². The standard InChI is InChI=1S/C14H22N2S/c1-16-8-5-11(6-9-16)15-13-3-2-4-14-12(13)7-10-17-14/h7,10-11,13,15H,2-6,8-9H2,1H3. The van der Waals surface area contributed by atoms with Crippen LogP contribution in [0.2, 0.25) is 0 Å². The monoisotopic (exact) mass is 250 g/mol. The summed E-state index contributed by atoms with van der Waals surface area (Å²) >= 11 is 1.94. The molecule has 0 saturated carbocycles. The highest BCUT2D eigenvalue weighted by atomic mass is 32.1. The fraction of sp³-hybridized carbons (Fsp3) is 0.714. The van der Waals surface area contributed by atoms with Gasteiger partial charge < -0.3 is 10.2 Å². The minimum atomic E-state index is 0.637. The van der Waals surface area contributed by atoms with Gasteiger partial charge >= 0.3 is 0 Å². The molecule has 2 aliphatic rings. The number of hydrogen-bond donors (Lipinski definition) is 1. The van der Waals surface area contributed by atoms with Crippen LogP contribution in [0.3, 0.4) is 0 Å². The van der Waals surface area contributed by atoms with Crippen molar-refractivity contribution in [3.63, 3.8) is 0 Å². The highest BCUT2D eigenvalue weighted by molar-refractivity contribution is 7.10. The summed E-state index contributed by atoms with van der Waals surface area (Å²) in [4.78, 5) is 4.07. The van der Waals surface area contributed by atoms with Crippen LogP contribution in [0, 0.1) is 0 Å². The van der Waals surface area contributed by atoms with Crippen LogP contribution in [-0.4, -0.2) is 31.1 Å². The van der Waals surface area contributed by atoms with E-state index in [4.69, 9.17) is 0 Å². The Morgan fingerprint density at radius 1 is 1.29 bits per heavy atom. The van der Waals surface area contributed by atoms with E-state index in [-0.39, 0.29) is 0 Å². The Morgan fingerprint density at radius 3 is 2.94 bits per heavy atom. The molecule has 1 atom stereocenters. The largest absolute Gasteiger partial charge is 0.307 e. The van der Waals surface area contributed by atoms with Gasteiger partial charge in [-0.05, 0) is 69.3 Å². The number of piperidine rings is 1. The molecule has 1 fully saturated rings. The molecule has 2 heterocycles. The van der Waals surface area contributed by atoms with Gasteiger partial charge in [0.2, 0.25) is 0 Å². The molecule has 1 N–H and O–H groups in total. The lowest BCUT2D eigenvalue weighted by Gasteiger charge is -2.34. The van der Waals surface area contributed by atoms with Crippen molar-refractivity contribution >= 4 is 11.3 Å². The minimum Gasteiger partial charge on any atom is -0.307 e. The molecule has 1 aromatic heterocycles. The average Bonchev–Trinajstić information content (AvgIpc) is 2.81. The third-order valence-corrected chi connectivity index (χ3v) is 5.20. The van der Waals surface area contributed by atoms with Gasteiger partial charge in [0, 0.05) is 17.0 Å². The van der Waals surface area contributed by atoms with Gasteiger partial charge in [-0.3, -0.25) is 0 Å². The third kappa shape index (κ3) is 2.56. The van der Waals surface area contributed by atoms with Gasteiger partial charge in [-0.2, -0.15) is 0 Å². The van der Waals surface area contributed by atoms with Crippen LogP contribution in [0.5, 0.6) is 0 Å². The molecular formula is C14H22N2S. The Hall–Kier alpha value is -0.380. The fourth-order valence-corrected chi connectivity index (χ4v) is 4.11. The van der Waals surface area contributed by atoms with Crippen LogP contribution >= 0.6 is 11.3 Å². The Bertz CT molecular complexity index is 366. The molecule has 1 aromatic rings. The number of rotatable bonds is 2. The molecule has 0 aromatic carbocycles. The van der Waals surface area contributed by atoms with Gasteiger partial charge in [0.05, 0.1) is 0 Å². The highest BCUT2D eigenvalue weighted by Gasteiger charge is 2.25. The second-order valence-corrected chi connectivity index (χ2v) is 6.49. The molecule has 1 unspecified atom stereocenters.